The molecule has 1 aliphatic heterocycles. The standard InChI is InChI=1S/C17H12F3NO2S/c1-2-10-16(12-6-5-7-13(11-12)17(18,19)20)14-8-3-4-9-15(14)24(22,23)21-16/h1,3-9,11,21H,10H2. The number of halogens is 3. The summed E-state index contributed by atoms with van der Waals surface area (Å²) >= 11 is 0. The molecule has 2 aromatic rings. The molecule has 0 saturated heterocycles. The van der Waals surface area contributed by atoms with Gasteiger partial charge in [-0.3, -0.25) is 0 Å². The van der Waals surface area contributed by atoms with Crippen LogP contribution in [0.15, 0.2) is 53.4 Å². The minimum absolute atomic E-state index is 0.0256. The molecule has 0 spiro atoms. The number of benzene rings is 2. The molecule has 7 heteroatoms. The summed E-state index contributed by atoms with van der Waals surface area (Å²) in [6, 6.07) is 10.7. The molecule has 2 aromatic carbocycles. The predicted molar refractivity (Wildman–Crippen MR) is 82.4 cm³/mol. The van der Waals surface area contributed by atoms with Crippen molar-refractivity contribution in [2.45, 2.75) is 23.0 Å². The molecule has 1 heterocycles. The van der Waals surface area contributed by atoms with Crippen molar-refractivity contribution >= 4 is 10.0 Å². The van der Waals surface area contributed by atoms with E-state index in [1.165, 1.54) is 18.2 Å². The Labute approximate surface area is 137 Å². The first-order valence-corrected chi connectivity index (χ1v) is 8.44. The fourth-order valence-corrected chi connectivity index (χ4v) is 4.61. The summed E-state index contributed by atoms with van der Waals surface area (Å²) < 4.78 is 66.4. The Morgan fingerprint density at radius 3 is 2.50 bits per heavy atom. The van der Waals surface area contributed by atoms with Gasteiger partial charge in [0.05, 0.1) is 16.0 Å². The second-order valence-corrected chi connectivity index (χ2v) is 7.12. The molecular weight excluding hydrogens is 339 g/mol. The van der Waals surface area contributed by atoms with E-state index >= 15 is 0 Å². The van der Waals surface area contributed by atoms with Crippen LogP contribution in [0.2, 0.25) is 0 Å². The molecule has 0 bridgehead atoms. The van der Waals surface area contributed by atoms with Crippen LogP contribution >= 0.6 is 0 Å². The first-order chi connectivity index (χ1) is 11.2. The highest BCUT2D eigenvalue weighted by molar-refractivity contribution is 7.89. The van der Waals surface area contributed by atoms with Gasteiger partial charge in [-0.25, -0.2) is 8.42 Å². The average Bonchev–Trinajstić information content (AvgIpc) is 2.76. The third-order valence-corrected chi connectivity index (χ3v) is 5.55. The van der Waals surface area contributed by atoms with Crippen LogP contribution in [0.3, 0.4) is 0 Å². The topological polar surface area (TPSA) is 46.2 Å². The van der Waals surface area contributed by atoms with Gasteiger partial charge in [0.25, 0.3) is 0 Å². The van der Waals surface area contributed by atoms with Gasteiger partial charge >= 0.3 is 6.18 Å². The van der Waals surface area contributed by atoms with Crippen LogP contribution in [0.4, 0.5) is 13.2 Å². The molecule has 0 aliphatic carbocycles. The van der Waals surface area contributed by atoms with Gasteiger partial charge in [0.15, 0.2) is 0 Å². The number of alkyl halides is 3. The van der Waals surface area contributed by atoms with Crippen molar-refractivity contribution < 1.29 is 21.6 Å². The number of rotatable bonds is 2. The molecule has 24 heavy (non-hydrogen) atoms. The Balaban J connectivity index is 2.29. The van der Waals surface area contributed by atoms with E-state index in [9.17, 15) is 21.6 Å². The van der Waals surface area contributed by atoms with Gasteiger partial charge in [0.1, 0.15) is 0 Å². The van der Waals surface area contributed by atoms with E-state index in [0.717, 1.165) is 12.1 Å². The zero-order valence-electron chi connectivity index (χ0n) is 12.3. The highest BCUT2D eigenvalue weighted by atomic mass is 32.2. The Bertz CT molecular complexity index is 945. The van der Waals surface area contributed by atoms with Crippen LogP contribution < -0.4 is 4.72 Å². The summed E-state index contributed by atoms with van der Waals surface area (Å²) in [6.45, 7) is 0. The highest BCUT2D eigenvalue weighted by Crippen LogP contribution is 2.44. The number of hydrogen-bond donors (Lipinski definition) is 1. The lowest BCUT2D eigenvalue weighted by atomic mass is 9.81. The van der Waals surface area contributed by atoms with Gasteiger partial charge in [-0.05, 0) is 29.3 Å². The molecule has 3 nitrogen and oxygen atoms in total. The number of nitrogens with one attached hydrogen (secondary N) is 1. The molecule has 3 rings (SSSR count). The van der Waals surface area contributed by atoms with Gasteiger partial charge in [-0.15, -0.1) is 12.3 Å². The molecule has 0 radical (unpaired) electrons. The minimum Gasteiger partial charge on any atom is -0.207 e. The van der Waals surface area contributed by atoms with Crippen molar-refractivity contribution in [2.75, 3.05) is 0 Å². The SMILES string of the molecule is C#CCC1(c2cccc(C(F)(F)F)c2)NS(=O)(=O)c2ccccc21. The monoisotopic (exact) mass is 351 g/mol. The summed E-state index contributed by atoms with van der Waals surface area (Å²) in [4.78, 5) is 0.0256. The molecule has 124 valence electrons. The molecule has 0 saturated carbocycles. The van der Waals surface area contributed by atoms with Gasteiger partial charge < -0.3 is 0 Å². The molecule has 0 aromatic heterocycles. The minimum atomic E-state index is -4.54. The van der Waals surface area contributed by atoms with Crippen molar-refractivity contribution in [3.63, 3.8) is 0 Å². The van der Waals surface area contributed by atoms with Gasteiger partial charge in [-0.1, -0.05) is 30.3 Å². The maximum atomic E-state index is 13.0. The summed E-state index contributed by atoms with van der Waals surface area (Å²) in [7, 11) is -3.86. The van der Waals surface area contributed by atoms with Gasteiger partial charge in [0, 0.05) is 6.42 Å². The van der Waals surface area contributed by atoms with Crippen LogP contribution in [0, 0.1) is 12.3 Å². The van der Waals surface area contributed by atoms with Crippen molar-refractivity contribution in [1.82, 2.24) is 4.72 Å². The number of terminal acetylenes is 1. The first-order valence-electron chi connectivity index (χ1n) is 6.95. The highest BCUT2D eigenvalue weighted by Gasteiger charge is 2.47. The zero-order chi connectivity index (χ0) is 17.6. The Morgan fingerprint density at radius 1 is 1.12 bits per heavy atom. The molecule has 0 fully saturated rings. The fourth-order valence-electron chi connectivity index (χ4n) is 2.95. The van der Waals surface area contributed by atoms with E-state index in [1.54, 1.807) is 18.2 Å². The van der Waals surface area contributed by atoms with E-state index in [2.05, 4.69) is 10.6 Å². The third kappa shape index (κ3) is 2.48. The quantitative estimate of drug-likeness (QED) is 0.844. The van der Waals surface area contributed by atoms with Crippen molar-refractivity contribution in [1.29, 1.82) is 0 Å². The summed E-state index contributed by atoms with van der Waals surface area (Å²) in [6.07, 6.45) is 0.749. The Hall–Kier alpha value is -2.30. The lowest BCUT2D eigenvalue weighted by Crippen LogP contribution is -2.40. The average molecular weight is 351 g/mol. The predicted octanol–water partition coefficient (Wildman–Crippen LogP) is 3.26. The molecule has 1 N–H and O–H groups in total. The zero-order valence-corrected chi connectivity index (χ0v) is 13.1. The van der Waals surface area contributed by atoms with E-state index < -0.39 is 27.3 Å². The summed E-state index contributed by atoms with van der Waals surface area (Å²) in [5, 5.41) is 0. The molecule has 1 unspecified atom stereocenters. The van der Waals surface area contributed by atoms with Gasteiger partial charge in [0.2, 0.25) is 10.0 Å². The van der Waals surface area contributed by atoms with Crippen molar-refractivity contribution in [2.24, 2.45) is 0 Å². The van der Waals surface area contributed by atoms with Crippen LogP contribution in [0.1, 0.15) is 23.1 Å². The lowest BCUT2D eigenvalue weighted by Gasteiger charge is -2.28. The van der Waals surface area contributed by atoms with Crippen LogP contribution in [-0.4, -0.2) is 8.42 Å². The second-order valence-electron chi connectivity index (χ2n) is 5.47. The van der Waals surface area contributed by atoms with Crippen LogP contribution in [0.25, 0.3) is 0 Å². The van der Waals surface area contributed by atoms with E-state index in [0.29, 0.717) is 5.56 Å². The Kier molecular flexibility index (Phi) is 3.70. The van der Waals surface area contributed by atoms with Crippen molar-refractivity contribution in [3.05, 3.63) is 65.2 Å². The molecular formula is C17H12F3NO2S. The van der Waals surface area contributed by atoms with Crippen molar-refractivity contribution in [3.8, 4) is 12.3 Å². The number of fused-ring (bicyclic) bond motifs is 1. The first kappa shape index (κ1) is 16.6. The Morgan fingerprint density at radius 2 is 1.83 bits per heavy atom. The van der Waals surface area contributed by atoms with E-state index in [-0.39, 0.29) is 16.9 Å². The summed E-state index contributed by atoms with van der Waals surface area (Å²) in [5.74, 6) is 2.38. The van der Waals surface area contributed by atoms with Gasteiger partial charge in [-0.2, -0.15) is 17.9 Å². The molecule has 0 amide bonds. The second kappa shape index (κ2) is 5.36. The smallest absolute Gasteiger partial charge is 0.207 e. The van der Waals surface area contributed by atoms with E-state index in [4.69, 9.17) is 6.42 Å². The largest absolute Gasteiger partial charge is 0.416 e. The number of sulfonamides is 1. The maximum Gasteiger partial charge on any atom is 0.416 e. The molecule has 1 atom stereocenters. The molecule has 1 aliphatic rings. The number of hydrogen-bond acceptors (Lipinski definition) is 2. The van der Waals surface area contributed by atoms with E-state index in [1.807, 2.05) is 0 Å². The summed E-state index contributed by atoms with van der Waals surface area (Å²) in [5.41, 5.74) is -1.77. The maximum absolute atomic E-state index is 13.0. The normalized spacial score (nSPS) is 21.9. The fraction of sp³-hybridized carbons (Fsp3) is 0.176. The van der Waals surface area contributed by atoms with Crippen LogP contribution in [0.5, 0.6) is 0 Å². The van der Waals surface area contributed by atoms with Crippen LogP contribution in [-0.2, 0) is 21.7 Å². The third-order valence-electron chi connectivity index (χ3n) is 3.99. The lowest BCUT2D eigenvalue weighted by molar-refractivity contribution is -0.137.